The minimum Gasteiger partial charge on any atom is -0.473 e. The first-order valence-electron chi connectivity index (χ1n) is 7.74. The Kier molecular flexibility index (Phi) is 3.61. The third-order valence-electron chi connectivity index (χ3n) is 4.51. The predicted octanol–water partition coefficient (Wildman–Crippen LogP) is 4.53. The Hall–Kier alpha value is -2.27. The maximum Gasteiger partial charge on any atom is 0.350 e. The van der Waals surface area contributed by atoms with Crippen LogP contribution in [0.15, 0.2) is 50.1 Å². The highest BCUT2D eigenvalue weighted by molar-refractivity contribution is 9.10. The van der Waals surface area contributed by atoms with Crippen molar-refractivity contribution in [2.75, 3.05) is 11.6 Å². The van der Waals surface area contributed by atoms with Crippen LogP contribution < -0.4 is 15.3 Å². The molecule has 0 N–H and O–H groups in total. The van der Waals surface area contributed by atoms with E-state index in [4.69, 9.17) is 9.15 Å². The highest BCUT2D eigenvalue weighted by Crippen LogP contribution is 2.36. The van der Waals surface area contributed by atoms with Gasteiger partial charge in [0, 0.05) is 11.1 Å². The van der Waals surface area contributed by atoms with Crippen molar-refractivity contribution in [3.05, 3.63) is 68.0 Å². The van der Waals surface area contributed by atoms with Gasteiger partial charge in [0.25, 0.3) is 0 Å². The lowest BCUT2D eigenvalue weighted by Gasteiger charge is -2.32. The second-order valence-corrected chi connectivity index (χ2v) is 6.80. The van der Waals surface area contributed by atoms with Crippen molar-refractivity contribution in [3.8, 4) is 5.75 Å². The van der Waals surface area contributed by atoms with Crippen molar-refractivity contribution in [1.29, 1.82) is 0 Å². The van der Waals surface area contributed by atoms with Gasteiger partial charge in [-0.3, -0.25) is 0 Å². The van der Waals surface area contributed by atoms with Crippen LogP contribution in [0.25, 0.3) is 11.0 Å². The normalized spacial score (nSPS) is 13.7. The average molecular weight is 386 g/mol. The van der Waals surface area contributed by atoms with E-state index < -0.39 is 0 Å². The number of hydrogen-bond donors (Lipinski definition) is 0. The Morgan fingerprint density at radius 3 is 2.71 bits per heavy atom. The van der Waals surface area contributed by atoms with Gasteiger partial charge < -0.3 is 14.1 Å². The van der Waals surface area contributed by atoms with Crippen LogP contribution in [0.4, 0.5) is 5.69 Å². The molecular formula is C19H16BrNO3. The van der Waals surface area contributed by atoms with E-state index in [9.17, 15) is 4.79 Å². The summed E-state index contributed by atoms with van der Waals surface area (Å²) in [5, 5.41) is 0.926. The molecule has 0 unspecified atom stereocenters. The highest BCUT2D eigenvalue weighted by Gasteiger charge is 2.23. The quantitative estimate of drug-likeness (QED) is 0.577. The van der Waals surface area contributed by atoms with Gasteiger partial charge >= 0.3 is 5.63 Å². The molecule has 0 fully saturated rings. The van der Waals surface area contributed by atoms with Gasteiger partial charge in [-0.05, 0) is 59.1 Å². The van der Waals surface area contributed by atoms with Crippen molar-refractivity contribution in [1.82, 2.24) is 0 Å². The summed E-state index contributed by atoms with van der Waals surface area (Å²) in [5.74, 6) is 0.775. The molecule has 4 nitrogen and oxygen atoms in total. The molecule has 0 radical (unpaired) electrons. The summed E-state index contributed by atoms with van der Waals surface area (Å²) >= 11 is 3.31. The summed E-state index contributed by atoms with van der Waals surface area (Å²) in [4.78, 5) is 14.2. The number of para-hydroxylation sites is 1. The molecule has 0 saturated carbocycles. The van der Waals surface area contributed by atoms with E-state index >= 15 is 0 Å². The molecule has 1 aromatic heterocycles. The van der Waals surface area contributed by atoms with Crippen LogP contribution in [-0.4, -0.2) is 6.73 Å². The Morgan fingerprint density at radius 1 is 1.12 bits per heavy atom. The molecule has 1 aliphatic heterocycles. The minimum absolute atomic E-state index is 0.360. The third kappa shape index (κ3) is 2.31. The molecule has 122 valence electrons. The van der Waals surface area contributed by atoms with E-state index in [0.29, 0.717) is 23.3 Å². The van der Waals surface area contributed by atoms with Crippen molar-refractivity contribution in [2.24, 2.45) is 0 Å². The van der Waals surface area contributed by atoms with Crippen LogP contribution >= 0.6 is 15.9 Å². The van der Waals surface area contributed by atoms with Gasteiger partial charge in [-0.25, -0.2) is 4.79 Å². The second-order valence-electron chi connectivity index (χ2n) is 6.01. The van der Waals surface area contributed by atoms with Gasteiger partial charge in [0.15, 0.2) is 6.73 Å². The molecular weight excluding hydrogens is 370 g/mol. The summed E-state index contributed by atoms with van der Waals surface area (Å²) in [6.07, 6.45) is 0. The first kappa shape index (κ1) is 15.3. The maximum absolute atomic E-state index is 12.1. The zero-order valence-electron chi connectivity index (χ0n) is 13.4. The van der Waals surface area contributed by atoms with Gasteiger partial charge in [-0.15, -0.1) is 0 Å². The van der Waals surface area contributed by atoms with Gasteiger partial charge in [-0.2, -0.15) is 0 Å². The van der Waals surface area contributed by atoms with Crippen molar-refractivity contribution in [3.63, 3.8) is 0 Å². The SMILES string of the molecule is Cc1ccccc1N1COc2ccc3c(C)c(Br)c(=O)oc3c2C1. The molecule has 24 heavy (non-hydrogen) atoms. The molecule has 1 aliphatic rings. The molecule has 0 saturated heterocycles. The fraction of sp³-hybridized carbons (Fsp3) is 0.211. The maximum atomic E-state index is 12.1. The van der Waals surface area contributed by atoms with E-state index in [2.05, 4.69) is 39.9 Å². The number of nitrogens with zero attached hydrogens (tertiary/aromatic N) is 1. The minimum atomic E-state index is -0.360. The first-order valence-corrected chi connectivity index (χ1v) is 8.53. The van der Waals surface area contributed by atoms with Crippen LogP contribution in [-0.2, 0) is 6.54 Å². The van der Waals surface area contributed by atoms with Gasteiger partial charge in [-0.1, -0.05) is 18.2 Å². The van der Waals surface area contributed by atoms with Crippen LogP contribution in [0, 0.1) is 13.8 Å². The van der Waals surface area contributed by atoms with Gasteiger partial charge in [0.1, 0.15) is 15.8 Å². The monoisotopic (exact) mass is 385 g/mol. The average Bonchev–Trinajstić information content (AvgIpc) is 2.60. The molecule has 0 atom stereocenters. The number of benzene rings is 2. The van der Waals surface area contributed by atoms with Crippen LogP contribution in [0.2, 0.25) is 0 Å². The molecule has 3 aromatic rings. The van der Waals surface area contributed by atoms with Crippen molar-refractivity contribution in [2.45, 2.75) is 20.4 Å². The Morgan fingerprint density at radius 2 is 1.92 bits per heavy atom. The summed E-state index contributed by atoms with van der Waals surface area (Å²) < 4.78 is 12.0. The number of rotatable bonds is 1. The second kappa shape index (κ2) is 5.67. The van der Waals surface area contributed by atoms with Crippen LogP contribution in [0.3, 0.4) is 0 Å². The summed E-state index contributed by atoms with van der Waals surface area (Å²) in [5.41, 5.74) is 4.35. The lowest BCUT2D eigenvalue weighted by molar-refractivity contribution is 0.289. The number of ether oxygens (including phenoxy) is 1. The van der Waals surface area contributed by atoms with Crippen LogP contribution in [0.5, 0.6) is 5.75 Å². The summed E-state index contributed by atoms with van der Waals surface area (Å²) in [6.45, 7) is 5.11. The first-order chi connectivity index (χ1) is 11.6. The Labute approximate surface area is 147 Å². The zero-order valence-corrected chi connectivity index (χ0v) is 15.0. The van der Waals surface area contributed by atoms with E-state index in [1.807, 2.05) is 31.2 Å². The molecule has 0 spiro atoms. The smallest absolute Gasteiger partial charge is 0.350 e. The molecule has 0 amide bonds. The van der Waals surface area contributed by atoms with Crippen molar-refractivity contribution >= 4 is 32.6 Å². The number of anilines is 1. The third-order valence-corrected chi connectivity index (χ3v) is 5.42. The number of halogens is 1. The van der Waals surface area contributed by atoms with Crippen molar-refractivity contribution < 1.29 is 9.15 Å². The fourth-order valence-electron chi connectivity index (χ4n) is 3.17. The lowest BCUT2D eigenvalue weighted by atomic mass is 10.0. The topological polar surface area (TPSA) is 42.7 Å². The largest absolute Gasteiger partial charge is 0.473 e. The van der Waals surface area contributed by atoms with E-state index in [0.717, 1.165) is 28.0 Å². The van der Waals surface area contributed by atoms with Gasteiger partial charge in [0.05, 0.1) is 12.1 Å². The van der Waals surface area contributed by atoms with Gasteiger partial charge in [0.2, 0.25) is 0 Å². The number of aryl methyl sites for hydroxylation is 2. The molecule has 2 aromatic carbocycles. The molecule has 2 heterocycles. The van der Waals surface area contributed by atoms with E-state index in [-0.39, 0.29) is 5.63 Å². The molecule has 5 heteroatoms. The number of hydrogen-bond acceptors (Lipinski definition) is 4. The summed E-state index contributed by atoms with van der Waals surface area (Å²) in [7, 11) is 0. The van der Waals surface area contributed by atoms with E-state index in [1.54, 1.807) is 0 Å². The Bertz CT molecular complexity index is 1010. The highest BCUT2D eigenvalue weighted by atomic mass is 79.9. The Balaban J connectivity index is 1.88. The molecule has 0 bridgehead atoms. The zero-order chi connectivity index (χ0) is 16.8. The molecule has 4 rings (SSSR count). The predicted molar refractivity (Wildman–Crippen MR) is 97.8 cm³/mol. The van der Waals surface area contributed by atoms with Crippen LogP contribution in [0.1, 0.15) is 16.7 Å². The molecule has 0 aliphatic carbocycles. The number of fused-ring (bicyclic) bond motifs is 3. The van der Waals surface area contributed by atoms with E-state index in [1.165, 1.54) is 5.56 Å². The summed E-state index contributed by atoms with van der Waals surface area (Å²) in [6, 6.07) is 12.1. The lowest BCUT2D eigenvalue weighted by Crippen LogP contribution is -2.32. The standard InChI is InChI=1S/C19H16BrNO3/c1-11-5-3-4-6-15(11)21-9-14-16(23-10-21)8-7-13-12(2)17(20)19(22)24-18(13)14/h3-8H,9-10H2,1-2H3. The fourth-order valence-corrected chi connectivity index (χ4v) is 3.47.